The fraction of sp³-hybridized carbons (Fsp3) is 0.400. The number of hydrogen-bond acceptors (Lipinski definition) is 8. The summed E-state index contributed by atoms with van der Waals surface area (Å²) in [6.45, 7) is 3.85. The Balaban J connectivity index is 1.29. The van der Waals surface area contributed by atoms with Gasteiger partial charge in [0.1, 0.15) is 24.6 Å². The standard InChI is InChI=1S/C20H26N6O4/c27-19(13-23-20(28)30-14-16-4-2-1-3-5-16)22-7-6-21-17-12-18(25-15-24-17)26-8-10-29-11-9-26/h1-5,12,15H,6-11,13-14H2,(H,22,27)(H,23,28)(H,21,24,25). The lowest BCUT2D eigenvalue weighted by Crippen LogP contribution is -2.39. The van der Waals surface area contributed by atoms with E-state index in [1.165, 1.54) is 6.33 Å². The maximum atomic E-state index is 11.8. The summed E-state index contributed by atoms with van der Waals surface area (Å²) in [5.41, 5.74) is 0.879. The first-order valence-corrected chi connectivity index (χ1v) is 9.80. The van der Waals surface area contributed by atoms with E-state index in [-0.39, 0.29) is 19.1 Å². The van der Waals surface area contributed by atoms with E-state index in [9.17, 15) is 9.59 Å². The molecule has 2 aromatic rings. The highest BCUT2D eigenvalue weighted by Crippen LogP contribution is 2.15. The quantitative estimate of drug-likeness (QED) is 0.515. The zero-order valence-electron chi connectivity index (χ0n) is 16.7. The van der Waals surface area contributed by atoms with E-state index in [0.29, 0.717) is 32.1 Å². The van der Waals surface area contributed by atoms with Crippen molar-refractivity contribution in [3.05, 3.63) is 48.3 Å². The molecule has 2 heterocycles. The largest absolute Gasteiger partial charge is 0.445 e. The van der Waals surface area contributed by atoms with Crippen LogP contribution in [0.2, 0.25) is 0 Å². The van der Waals surface area contributed by atoms with E-state index < -0.39 is 6.09 Å². The summed E-state index contributed by atoms with van der Waals surface area (Å²) in [7, 11) is 0. The fourth-order valence-electron chi connectivity index (χ4n) is 2.79. The molecular formula is C20H26N6O4. The first-order valence-electron chi connectivity index (χ1n) is 9.80. The summed E-state index contributed by atoms with van der Waals surface area (Å²) in [5.74, 6) is 1.23. The van der Waals surface area contributed by atoms with Gasteiger partial charge in [0.05, 0.1) is 19.8 Å². The number of alkyl carbamates (subject to hydrolysis) is 1. The molecule has 0 radical (unpaired) electrons. The second kappa shape index (κ2) is 11.6. The Labute approximate surface area is 175 Å². The van der Waals surface area contributed by atoms with E-state index in [1.54, 1.807) is 0 Å². The highest BCUT2D eigenvalue weighted by atomic mass is 16.5. The molecule has 0 saturated carbocycles. The van der Waals surface area contributed by atoms with Gasteiger partial charge in [0.25, 0.3) is 0 Å². The summed E-state index contributed by atoms with van der Waals surface area (Å²) in [5, 5.41) is 8.29. The number of carbonyl (C=O) groups excluding carboxylic acids is 2. The Morgan fingerprint density at radius 2 is 1.87 bits per heavy atom. The Bertz CT molecular complexity index is 814. The first-order chi connectivity index (χ1) is 14.7. The van der Waals surface area contributed by atoms with Crippen molar-refractivity contribution >= 4 is 23.6 Å². The van der Waals surface area contributed by atoms with E-state index >= 15 is 0 Å². The second-order valence-corrected chi connectivity index (χ2v) is 6.55. The summed E-state index contributed by atoms with van der Waals surface area (Å²) in [6.07, 6.45) is 0.875. The smallest absolute Gasteiger partial charge is 0.407 e. The van der Waals surface area contributed by atoms with Crippen molar-refractivity contribution < 1.29 is 19.1 Å². The van der Waals surface area contributed by atoms with Crippen LogP contribution in [0.4, 0.5) is 16.4 Å². The molecule has 3 rings (SSSR count). The zero-order valence-corrected chi connectivity index (χ0v) is 16.7. The monoisotopic (exact) mass is 414 g/mol. The van der Waals surface area contributed by atoms with Crippen LogP contribution in [0, 0.1) is 0 Å². The van der Waals surface area contributed by atoms with Crippen molar-refractivity contribution in [2.45, 2.75) is 6.61 Å². The van der Waals surface area contributed by atoms with Crippen LogP contribution in [0.3, 0.4) is 0 Å². The maximum absolute atomic E-state index is 11.8. The number of ether oxygens (including phenoxy) is 2. The third-order valence-corrected chi connectivity index (χ3v) is 4.35. The number of carbonyl (C=O) groups is 2. The molecule has 1 aliphatic rings. The second-order valence-electron chi connectivity index (χ2n) is 6.55. The van der Waals surface area contributed by atoms with Crippen molar-refractivity contribution in [1.82, 2.24) is 20.6 Å². The number of nitrogens with one attached hydrogen (secondary N) is 3. The third kappa shape index (κ3) is 7.21. The molecular weight excluding hydrogens is 388 g/mol. The van der Waals surface area contributed by atoms with Gasteiger partial charge in [-0.2, -0.15) is 0 Å². The Morgan fingerprint density at radius 3 is 2.67 bits per heavy atom. The van der Waals surface area contributed by atoms with Gasteiger partial charge in [0.2, 0.25) is 5.91 Å². The molecule has 1 aliphatic heterocycles. The highest BCUT2D eigenvalue weighted by molar-refractivity contribution is 5.82. The van der Waals surface area contributed by atoms with Crippen LogP contribution in [0.1, 0.15) is 5.56 Å². The Kier molecular flexibility index (Phi) is 8.22. The lowest BCUT2D eigenvalue weighted by Gasteiger charge is -2.27. The van der Waals surface area contributed by atoms with Gasteiger partial charge in [0, 0.05) is 32.2 Å². The molecule has 0 spiro atoms. The van der Waals surface area contributed by atoms with Crippen LogP contribution in [-0.4, -0.2) is 67.9 Å². The summed E-state index contributed by atoms with van der Waals surface area (Å²) < 4.78 is 10.4. The van der Waals surface area contributed by atoms with Crippen molar-refractivity contribution in [3.63, 3.8) is 0 Å². The number of aromatic nitrogens is 2. The first kappa shape index (κ1) is 21.3. The van der Waals surface area contributed by atoms with Crippen molar-refractivity contribution in [1.29, 1.82) is 0 Å². The van der Waals surface area contributed by atoms with Gasteiger partial charge < -0.3 is 30.3 Å². The van der Waals surface area contributed by atoms with E-state index in [4.69, 9.17) is 9.47 Å². The molecule has 0 bridgehead atoms. The highest BCUT2D eigenvalue weighted by Gasteiger charge is 2.13. The molecule has 30 heavy (non-hydrogen) atoms. The topological polar surface area (TPSA) is 118 Å². The Hall–Kier alpha value is -3.40. The predicted octanol–water partition coefficient (Wildman–Crippen LogP) is 0.768. The minimum atomic E-state index is -0.635. The molecule has 10 nitrogen and oxygen atoms in total. The van der Waals surface area contributed by atoms with Crippen LogP contribution in [0.5, 0.6) is 0 Å². The number of morpholine rings is 1. The zero-order chi connectivity index (χ0) is 21.0. The van der Waals surface area contributed by atoms with Gasteiger partial charge in [-0.05, 0) is 5.56 Å². The summed E-state index contributed by atoms with van der Waals surface area (Å²) in [6, 6.07) is 11.2. The van der Waals surface area contributed by atoms with Gasteiger partial charge in [0.15, 0.2) is 0 Å². The number of benzene rings is 1. The lowest BCUT2D eigenvalue weighted by molar-refractivity contribution is -0.120. The van der Waals surface area contributed by atoms with Gasteiger partial charge in [-0.15, -0.1) is 0 Å². The molecule has 1 aromatic carbocycles. The van der Waals surface area contributed by atoms with Crippen molar-refractivity contribution in [2.75, 3.05) is 56.2 Å². The van der Waals surface area contributed by atoms with Gasteiger partial charge in [-0.25, -0.2) is 14.8 Å². The van der Waals surface area contributed by atoms with Crippen LogP contribution in [0.15, 0.2) is 42.7 Å². The van der Waals surface area contributed by atoms with Crippen molar-refractivity contribution in [2.24, 2.45) is 0 Å². The Morgan fingerprint density at radius 1 is 1.07 bits per heavy atom. The average Bonchev–Trinajstić information content (AvgIpc) is 2.80. The van der Waals surface area contributed by atoms with E-state index in [0.717, 1.165) is 24.5 Å². The summed E-state index contributed by atoms with van der Waals surface area (Å²) in [4.78, 5) is 34.1. The molecule has 0 unspecified atom stereocenters. The molecule has 10 heteroatoms. The van der Waals surface area contributed by atoms with Gasteiger partial charge >= 0.3 is 6.09 Å². The predicted molar refractivity (Wildman–Crippen MR) is 111 cm³/mol. The van der Waals surface area contributed by atoms with Crippen LogP contribution < -0.4 is 20.9 Å². The molecule has 160 valence electrons. The number of hydrogen-bond donors (Lipinski definition) is 3. The van der Waals surface area contributed by atoms with Crippen LogP contribution in [-0.2, 0) is 20.9 Å². The lowest BCUT2D eigenvalue weighted by atomic mass is 10.2. The van der Waals surface area contributed by atoms with Gasteiger partial charge in [-0.3, -0.25) is 4.79 Å². The fourth-order valence-corrected chi connectivity index (χ4v) is 2.79. The maximum Gasteiger partial charge on any atom is 0.407 e. The minimum Gasteiger partial charge on any atom is -0.445 e. The molecule has 0 aliphatic carbocycles. The molecule has 1 fully saturated rings. The van der Waals surface area contributed by atoms with E-state index in [2.05, 4.69) is 30.8 Å². The van der Waals surface area contributed by atoms with Crippen LogP contribution in [0.25, 0.3) is 0 Å². The molecule has 2 amide bonds. The average molecular weight is 414 g/mol. The molecule has 0 atom stereocenters. The van der Waals surface area contributed by atoms with Gasteiger partial charge in [-0.1, -0.05) is 30.3 Å². The minimum absolute atomic E-state index is 0.150. The molecule has 1 saturated heterocycles. The SMILES string of the molecule is O=C(CNC(=O)OCc1ccccc1)NCCNc1cc(N2CCOCC2)ncn1. The number of anilines is 2. The summed E-state index contributed by atoms with van der Waals surface area (Å²) >= 11 is 0. The normalized spacial score (nSPS) is 13.4. The number of amides is 2. The van der Waals surface area contributed by atoms with Crippen LogP contribution >= 0.6 is 0 Å². The number of nitrogens with zero attached hydrogens (tertiary/aromatic N) is 3. The molecule has 1 aromatic heterocycles. The van der Waals surface area contributed by atoms with E-state index in [1.807, 2.05) is 36.4 Å². The molecule has 3 N–H and O–H groups in total. The number of rotatable bonds is 9. The van der Waals surface area contributed by atoms with Crippen molar-refractivity contribution in [3.8, 4) is 0 Å². The third-order valence-electron chi connectivity index (χ3n) is 4.35.